The van der Waals surface area contributed by atoms with Gasteiger partial charge in [-0.25, -0.2) is 8.78 Å². The van der Waals surface area contributed by atoms with Crippen LogP contribution in [-0.4, -0.2) is 22.6 Å². The zero-order valence-electron chi connectivity index (χ0n) is 11.0. The Morgan fingerprint density at radius 2 is 1.90 bits per heavy atom. The highest BCUT2D eigenvalue weighted by Crippen LogP contribution is 2.24. The van der Waals surface area contributed by atoms with Gasteiger partial charge in [0, 0.05) is 11.0 Å². The highest BCUT2D eigenvalue weighted by molar-refractivity contribution is 9.10. The van der Waals surface area contributed by atoms with Crippen LogP contribution in [0.25, 0.3) is 0 Å². The highest BCUT2D eigenvalue weighted by Gasteiger charge is 2.16. The van der Waals surface area contributed by atoms with Gasteiger partial charge in [-0.1, -0.05) is 15.9 Å². The molecule has 0 radical (unpaired) electrons. The molecular formula is C13H11BrF2N4O. The summed E-state index contributed by atoms with van der Waals surface area (Å²) in [5.41, 5.74) is -0.570. The Kier molecular flexibility index (Phi) is 4.79. The third-order valence-electron chi connectivity index (χ3n) is 2.50. The first-order valence-electron chi connectivity index (χ1n) is 6.04. The molecule has 1 aromatic heterocycles. The van der Waals surface area contributed by atoms with E-state index in [1.807, 2.05) is 6.92 Å². The van der Waals surface area contributed by atoms with Crippen molar-refractivity contribution in [1.29, 1.82) is 0 Å². The Morgan fingerprint density at radius 3 is 2.43 bits per heavy atom. The van der Waals surface area contributed by atoms with E-state index in [1.165, 1.54) is 6.07 Å². The molecule has 0 saturated carbocycles. The largest absolute Gasteiger partial charge is 0.369 e. The molecule has 21 heavy (non-hydrogen) atoms. The van der Waals surface area contributed by atoms with E-state index in [1.54, 1.807) is 6.07 Å². The smallest absolute Gasteiger partial charge is 0.276 e. The summed E-state index contributed by atoms with van der Waals surface area (Å²) in [4.78, 5) is 11.9. The summed E-state index contributed by atoms with van der Waals surface area (Å²) in [6, 6.07) is 5.08. The summed E-state index contributed by atoms with van der Waals surface area (Å²) >= 11 is 2.96. The van der Waals surface area contributed by atoms with Crippen molar-refractivity contribution in [1.82, 2.24) is 10.2 Å². The summed E-state index contributed by atoms with van der Waals surface area (Å²) in [6.07, 6.45) is 0. The molecule has 2 rings (SSSR count). The molecule has 0 aliphatic heterocycles. The summed E-state index contributed by atoms with van der Waals surface area (Å²) in [5.74, 6) is -2.00. The van der Waals surface area contributed by atoms with Gasteiger partial charge in [-0.3, -0.25) is 4.79 Å². The van der Waals surface area contributed by atoms with Crippen LogP contribution >= 0.6 is 15.9 Å². The zero-order valence-corrected chi connectivity index (χ0v) is 12.5. The van der Waals surface area contributed by atoms with E-state index in [-0.39, 0.29) is 10.2 Å². The number of hydrogen-bond acceptors (Lipinski definition) is 4. The third kappa shape index (κ3) is 3.72. The molecule has 110 valence electrons. The van der Waals surface area contributed by atoms with Crippen molar-refractivity contribution < 1.29 is 13.6 Å². The molecule has 0 atom stereocenters. The van der Waals surface area contributed by atoms with Crippen molar-refractivity contribution >= 4 is 33.3 Å². The maximum Gasteiger partial charge on any atom is 0.276 e. The Balaban J connectivity index is 2.18. The van der Waals surface area contributed by atoms with Crippen LogP contribution in [0.5, 0.6) is 0 Å². The lowest BCUT2D eigenvalue weighted by Crippen LogP contribution is -2.16. The minimum absolute atomic E-state index is 0.0432. The molecule has 1 aromatic carbocycles. The highest BCUT2D eigenvalue weighted by atomic mass is 79.9. The lowest BCUT2D eigenvalue weighted by atomic mass is 10.2. The first-order valence-corrected chi connectivity index (χ1v) is 6.84. The Morgan fingerprint density at radius 1 is 1.24 bits per heavy atom. The predicted molar refractivity (Wildman–Crippen MR) is 78.2 cm³/mol. The molecule has 0 unspecified atom stereocenters. The van der Waals surface area contributed by atoms with Crippen LogP contribution in [0.3, 0.4) is 0 Å². The molecule has 1 heterocycles. The monoisotopic (exact) mass is 356 g/mol. The Labute approximate surface area is 127 Å². The number of hydrogen-bond donors (Lipinski definition) is 2. The molecule has 0 fully saturated rings. The van der Waals surface area contributed by atoms with Gasteiger partial charge in [0.05, 0.1) is 0 Å². The number of carbonyl (C=O) groups excluding carboxylic acids is 1. The van der Waals surface area contributed by atoms with Gasteiger partial charge < -0.3 is 10.6 Å². The molecular weight excluding hydrogens is 346 g/mol. The quantitative estimate of drug-likeness (QED) is 0.882. The van der Waals surface area contributed by atoms with E-state index < -0.39 is 23.2 Å². The van der Waals surface area contributed by atoms with E-state index >= 15 is 0 Å². The SMILES string of the molecule is CCNc1ccc(C(=O)Nc2c(F)cc(Br)cc2F)nn1. The van der Waals surface area contributed by atoms with Crippen LogP contribution in [0.15, 0.2) is 28.7 Å². The van der Waals surface area contributed by atoms with Gasteiger partial charge in [0.15, 0.2) is 17.3 Å². The molecule has 0 bridgehead atoms. The van der Waals surface area contributed by atoms with E-state index in [9.17, 15) is 13.6 Å². The Hall–Kier alpha value is -2.09. The second-order valence-electron chi connectivity index (χ2n) is 4.03. The van der Waals surface area contributed by atoms with Crippen LogP contribution in [0.4, 0.5) is 20.3 Å². The lowest BCUT2D eigenvalue weighted by molar-refractivity contribution is 0.102. The third-order valence-corrected chi connectivity index (χ3v) is 2.96. The van der Waals surface area contributed by atoms with Crippen LogP contribution in [0.1, 0.15) is 17.4 Å². The lowest BCUT2D eigenvalue weighted by Gasteiger charge is -2.08. The van der Waals surface area contributed by atoms with Crippen molar-refractivity contribution in [3.63, 3.8) is 0 Å². The minimum atomic E-state index is -0.882. The number of rotatable bonds is 4. The minimum Gasteiger partial charge on any atom is -0.369 e. The average Bonchev–Trinajstić information content (AvgIpc) is 2.43. The van der Waals surface area contributed by atoms with Crippen molar-refractivity contribution in [2.75, 3.05) is 17.2 Å². The van der Waals surface area contributed by atoms with Crippen molar-refractivity contribution in [3.8, 4) is 0 Å². The normalized spacial score (nSPS) is 10.3. The molecule has 1 amide bonds. The number of nitrogens with one attached hydrogen (secondary N) is 2. The molecule has 5 nitrogen and oxygen atoms in total. The summed E-state index contributed by atoms with van der Waals surface area (Å²) in [6.45, 7) is 2.55. The fourth-order valence-electron chi connectivity index (χ4n) is 1.57. The van der Waals surface area contributed by atoms with Crippen LogP contribution in [0.2, 0.25) is 0 Å². The molecule has 0 aliphatic carbocycles. The fraction of sp³-hybridized carbons (Fsp3) is 0.154. The molecule has 8 heteroatoms. The standard InChI is InChI=1S/C13H11BrF2N4O/c1-2-17-11-4-3-10(19-20-11)13(21)18-12-8(15)5-7(14)6-9(12)16/h3-6H,2H2,1H3,(H,17,20)(H,18,21). The van der Waals surface area contributed by atoms with Crippen molar-refractivity contribution in [2.45, 2.75) is 6.92 Å². The van der Waals surface area contributed by atoms with Crippen LogP contribution < -0.4 is 10.6 Å². The number of anilines is 2. The number of nitrogens with zero attached hydrogens (tertiary/aromatic N) is 2. The maximum atomic E-state index is 13.6. The van der Waals surface area contributed by atoms with Crippen LogP contribution in [-0.2, 0) is 0 Å². The number of amides is 1. The van der Waals surface area contributed by atoms with Gasteiger partial charge in [0.25, 0.3) is 5.91 Å². The first kappa shape index (κ1) is 15.3. The number of carbonyl (C=O) groups is 1. The van der Waals surface area contributed by atoms with Gasteiger partial charge in [-0.15, -0.1) is 10.2 Å². The first-order chi connectivity index (χ1) is 10.0. The molecule has 2 aromatic rings. The average molecular weight is 357 g/mol. The summed E-state index contributed by atoms with van der Waals surface area (Å²) < 4.78 is 27.5. The number of halogens is 3. The van der Waals surface area contributed by atoms with Gasteiger partial charge in [0.2, 0.25) is 0 Å². The zero-order chi connectivity index (χ0) is 15.4. The topological polar surface area (TPSA) is 66.9 Å². The molecule has 2 N–H and O–H groups in total. The van der Waals surface area contributed by atoms with Crippen molar-refractivity contribution in [2.24, 2.45) is 0 Å². The van der Waals surface area contributed by atoms with Gasteiger partial charge in [-0.05, 0) is 31.2 Å². The van der Waals surface area contributed by atoms with E-state index in [2.05, 4.69) is 36.8 Å². The maximum absolute atomic E-state index is 13.6. The van der Waals surface area contributed by atoms with Crippen LogP contribution in [0, 0.1) is 11.6 Å². The second-order valence-corrected chi connectivity index (χ2v) is 4.95. The van der Waals surface area contributed by atoms with Crippen molar-refractivity contribution in [3.05, 3.63) is 46.1 Å². The molecule has 0 spiro atoms. The van der Waals surface area contributed by atoms with E-state index in [0.717, 1.165) is 12.1 Å². The van der Waals surface area contributed by atoms with E-state index in [4.69, 9.17) is 0 Å². The fourth-order valence-corrected chi connectivity index (χ4v) is 1.97. The van der Waals surface area contributed by atoms with Gasteiger partial charge in [0.1, 0.15) is 11.5 Å². The van der Waals surface area contributed by atoms with E-state index in [0.29, 0.717) is 12.4 Å². The Bertz CT molecular complexity index is 641. The molecule has 0 aliphatic rings. The second kappa shape index (κ2) is 6.57. The summed E-state index contributed by atoms with van der Waals surface area (Å²) in [5, 5.41) is 12.5. The van der Waals surface area contributed by atoms with Gasteiger partial charge in [-0.2, -0.15) is 0 Å². The summed E-state index contributed by atoms with van der Waals surface area (Å²) in [7, 11) is 0. The molecule has 0 saturated heterocycles. The number of benzene rings is 1. The van der Waals surface area contributed by atoms with Gasteiger partial charge >= 0.3 is 0 Å². The predicted octanol–water partition coefficient (Wildman–Crippen LogP) is 3.20. The number of aromatic nitrogens is 2.